The number of amides is 3. The van der Waals surface area contributed by atoms with Crippen molar-refractivity contribution in [2.75, 3.05) is 18.5 Å². The van der Waals surface area contributed by atoms with E-state index < -0.39 is 34.7 Å². The first-order chi connectivity index (χ1) is 13.6. The fraction of sp³-hybridized carbons (Fsp3) is 0.278. The molecular formula is C18H15Cl2F3N4O2. The van der Waals surface area contributed by atoms with Gasteiger partial charge in [-0.2, -0.15) is 13.2 Å². The molecule has 1 N–H and O–H groups in total. The molecule has 3 rings (SSSR count). The average Bonchev–Trinajstić information content (AvgIpc) is 2.95. The van der Waals surface area contributed by atoms with Crippen LogP contribution in [0.5, 0.6) is 0 Å². The van der Waals surface area contributed by atoms with Gasteiger partial charge in [0.1, 0.15) is 6.04 Å². The van der Waals surface area contributed by atoms with Gasteiger partial charge >= 0.3 is 12.2 Å². The van der Waals surface area contributed by atoms with E-state index in [9.17, 15) is 22.8 Å². The predicted molar refractivity (Wildman–Crippen MR) is 102 cm³/mol. The number of benzene rings is 1. The zero-order valence-corrected chi connectivity index (χ0v) is 16.5. The molecule has 1 aromatic carbocycles. The zero-order chi connectivity index (χ0) is 21.3. The van der Waals surface area contributed by atoms with Gasteiger partial charge in [0.25, 0.3) is 0 Å². The molecule has 6 nitrogen and oxygen atoms in total. The van der Waals surface area contributed by atoms with Crippen LogP contribution in [0.4, 0.5) is 23.7 Å². The van der Waals surface area contributed by atoms with Gasteiger partial charge < -0.3 is 10.2 Å². The normalized spacial score (nSPS) is 17.0. The molecule has 154 valence electrons. The van der Waals surface area contributed by atoms with Crippen molar-refractivity contribution < 1.29 is 22.8 Å². The van der Waals surface area contributed by atoms with E-state index in [1.165, 1.54) is 35.2 Å². The molecule has 0 bridgehead atoms. The zero-order valence-electron chi connectivity index (χ0n) is 15.0. The summed E-state index contributed by atoms with van der Waals surface area (Å²) in [5.74, 6) is -0.531. The third kappa shape index (κ3) is 4.25. The number of nitrogens with zero attached hydrogens (tertiary/aromatic N) is 3. The number of aromatic nitrogens is 1. The molecule has 29 heavy (non-hydrogen) atoms. The number of hydrogen-bond donors (Lipinski definition) is 1. The van der Waals surface area contributed by atoms with Crippen LogP contribution in [0.3, 0.4) is 0 Å². The summed E-state index contributed by atoms with van der Waals surface area (Å²) >= 11 is 11.9. The number of rotatable bonds is 4. The van der Waals surface area contributed by atoms with Gasteiger partial charge in [-0.25, -0.2) is 9.78 Å². The summed E-state index contributed by atoms with van der Waals surface area (Å²) < 4.78 is 38.9. The minimum atomic E-state index is -4.60. The number of hydrogen-bond acceptors (Lipinski definition) is 3. The van der Waals surface area contributed by atoms with E-state index in [1.54, 1.807) is 12.1 Å². The molecule has 0 saturated carbocycles. The molecular weight excluding hydrogens is 432 g/mol. The van der Waals surface area contributed by atoms with Gasteiger partial charge in [-0.05, 0) is 23.8 Å². The number of urea groups is 1. The Morgan fingerprint density at radius 3 is 2.66 bits per heavy atom. The smallest absolute Gasteiger partial charge is 0.350 e. The van der Waals surface area contributed by atoms with Crippen LogP contribution in [0.25, 0.3) is 0 Å². The van der Waals surface area contributed by atoms with E-state index in [0.717, 1.165) is 6.07 Å². The first-order valence-electron chi connectivity index (χ1n) is 8.38. The number of halogens is 5. The van der Waals surface area contributed by atoms with Crippen LogP contribution in [0.2, 0.25) is 10.2 Å². The molecule has 1 aromatic heterocycles. The number of pyridine rings is 1. The van der Waals surface area contributed by atoms with Crippen molar-refractivity contribution in [3.8, 4) is 0 Å². The van der Waals surface area contributed by atoms with Crippen molar-refractivity contribution in [1.29, 1.82) is 0 Å². The van der Waals surface area contributed by atoms with E-state index in [2.05, 4.69) is 10.3 Å². The van der Waals surface area contributed by atoms with Crippen LogP contribution >= 0.6 is 23.2 Å². The van der Waals surface area contributed by atoms with Crippen LogP contribution in [0.1, 0.15) is 11.1 Å². The predicted octanol–water partition coefficient (Wildman–Crippen LogP) is 3.96. The molecule has 1 aliphatic rings. The number of carbonyl (C=O) groups excluding carboxylic acids is 2. The standard InChI is InChI=1S/C18H15Cl2F3N4O2/c1-26-13(9-27(17(26)29)12-6-3-7-24-15(12)20)16(28)25-8-10-4-2-5-11(14(10)19)18(21,22)23/h2-7,13H,8-9H2,1H3,(H,25,28). The fourth-order valence-corrected chi connectivity index (χ4v) is 3.49. The molecule has 1 saturated heterocycles. The summed E-state index contributed by atoms with van der Waals surface area (Å²) in [6.45, 7) is -0.198. The van der Waals surface area contributed by atoms with Crippen molar-refractivity contribution in [3.05, 3.63) is 57.8 Å². The topological polar surface area (TPSA) is 65.5 Å². The van der Waals surface area contributed by atoms with Crippen LogP contribution in [-0.4, -0.2) is 41.5 Å². The maximum Gasteiger partial charge on any atom is 0.417 e. The molecule has 0 spiro atoms. The molecule has 2 heterocycles. The number of likely N-dealkylation sites (N-methyl/N-ethyl adjacent to an activating group) is 1. The van der Waals surface area contributed by atoms with E-state index in [-0.39, 0.29) is 23.8 Å². The number of alkyl halides is 3. The summed E-state index contributed by atoms with van der Waals surface area (Å²) in [5, 5.41) is 2.18. The third-order valence-electron chi connectivity index (χ3n) is 4.53. The van der Waals surface area contributed by atoms with Crippen molar-refractivity contribution in [2.45, 2.75) is 18.8 Å². The monoisotopic (exact) mass is 446 g/mol. The molecule has 1 unspecified atom stereocenters. The Morgan fingerprint density at radius 1 is 1.28 bits per heavy atom. The highest BCUT2D eigenvalue weighted by Gasteiger charge is 2.40. The molecule has 1 atom stereocenters. The van der Waals surface area contributed by atoms with Gasteiger partial charge in [-0.15, -0.1) is 0 Å². The molecule has 1 fully saturated rings. The van der Waals surface area contributed by atoms with Gasteiger partial charge in [-0.3, -0.25) is 9.69 Å². The van der Waals surface area contributed by atoms with E-state index in [4.69, 9.17) is 23.2 Å². The summed E-state index contributed by atoms with van der Waals surface area (Å²) in [6, 6.07) is 5.38. The molecule has 0 aliphatic carbocycles. The van der Waals surface area contributed by atoms with E-state index in [1.807, 2.05) is 0 Å². The van der Waals surface area contributed by atoms with Crippen LogP contribution < -0.4 is 10.2 Å². The maximum atomic E-state index is 13.0. The Balaban J connectivity index is 1.72. The van der Waals surface area contributed by atoms with Crippen molar-refractivity contribution in [3.63, 3.8) is 0 Å². The quantitative estimate of drug-likeness (QED) is 0.722. The van der Waals surface area contributed by atoms with Crippen LogP contribution in [0, 0.1) is 0 Å². The van der Waals surface area contributed by atoms with Crippen molar-refractivity contribution in [2.24, 2.45) is 0 Å². The Bertz CT molecular complexity index is 955. The summed E-state index contributed by atoms with van der Waals surface area (Å²) in [5.41, 5.74) is -0.493. The van der Waals surface area contributed by atoms with Gasteiger partial charge in [0.05, 0.1) is 22.8 Å². The van der Waals surface area contributed by atoms with Crippen molar-refractivity contribution in [1.82, 2.24) is 15.2 Å². The molecule has 1 aliphatic heterocycles. The van der Waals surface area contributed by atoms with Crippen LogP contribution in [-0.2, 0) is 17.5 Å². The maximum absolute atomic E-state index is 13.0. The second-order valence-electron chi connectivity index (χ2n) is 6.33. The molecule has 3 amide bonds. The van der Waals surface area contributed by atoms with Gasteiger partial charge in [0.2, 0.25) is 5.91 Å². The minimum Gasteiger partial charge on any atom is -0.350 e. The van der Waals surface area contributed by atoms with Gasteiger partial charge in [-0.1, -0.05) is 35.3 Å². The largest absolute Gasteiger partial charge is 0.417 e. The van der Waals surface area contributed by atoms with E-state index in [0.29, 0.717) is 5.69 Å². The highest BCUT2D eigenvalue weighted by atomic mass is 35.5. The second kappa shape index (κ2) is 8.08. The number of carbonyl (C=O) groups is 2. The lowest BCUT2D eigenvalue weighted by atomic mass is 10.1. The third-order valence-corrected chi connectivity index (χ3v) is 5.26. The summed E-state index contributed by atoms with van der Waals surface area (Å²) in [4.78, 5) is 31.5. The summed E-state index contributed by atoms with van der Waals surface area (Å²) in [6.07, 6.45) is -3.13. The summed E-state index contributed by atoms with van der Waals surface area (Å²) in [7, 11) is 1.45. The highest BCUT2D eigenvalue weighted by molar-refractivity contribution is 6.32. The lowest BCUT2D eigenvalue weighted by Crippen LogP contribution is -2.43. The molecule has 2 aromatic rings. The highest BCUT2D eigenvalue weighted by Crippen LogP contribution is 2.36. The number of anilines is 1. The lowest BCUT2D eigenvalue weighted by Gasteiger charge is -2.18. The van der Waals surface area contributed by atoms with Crippen LogP contribution in [0.15, 0.2) is 36.5 Å². The minimum absolute atomic E-state index is 0.0168. The van der Waals surface area contributed by atoms with Gasteiger partial charge in [0, 0.05) is 19.8 Å². The Morgan fingerprint density at radius 2 is 2.00 bits per heavy atom. The first-order valence-corrected chi connectivity index (χ1v) is 9.14. The second-order valence-corrected chi connectivity index (χ2v) is 7.06. The first kappa shape index (κ1) is 21.2. The van der Waals surface area contributed by atoms with Gasteiger partial charge in [0.15, 0.2) is 5.15 Å². The van der Waals surface area contributed by atoms with Crippen molar-refractivity contribution >= 4 is 40.8 Å². The Labute approximate surface area is 174 Å². The molecule has 0 radical (unpaired) electrons. The fourth-order valence-electron chi connectivity index (χ4n) is 2.97. The lowest BCUT2D eigenvalue weighted by molar-refractivity contribution is -0.137. The molecule has 11 heteroatoms. The average molecular weight is 447 g/mol. The Kier molecular flexibility index (Phi) is 5.90. The Hall–Kier alpha value is -2.52. The number of nitrogens with one attached hydrogen (secondary N) is 1. The van der Waals surface area contributed by atoms with E-state index >= 15 is 0 Å². The SMILES string of the molecule is CN1C(=O)N(c2cccnc2Cl)CC1C(=O)NCc1cccc(C(F)(F)F)c1Cl.